The molecule has 0 aromatic heterocycles. The Balaban J connectivity index is 2.13. The maximum absolute atomic E-state index is 5.28. The van der Waals surface area contributed by atoms with Gasteiger partial charge >= 0.3 is 0 Å². The first-order valence-electron chi connectivity index (χ1n) is 4.37. The predicted molar refractivity (Wildman–Crippen MR) is 43.0 cm³/mol. The van der Waals surface area contributed by atoms with Crippen molar-refractivity contribution in [3.05, 3.63) is 0 Å². The summed E-state index contributed by atoms with van der Waals surface area (Å²) >= 11 is 0. The van der Waals surface area contributed by atoms with Crippen LogP contribution in [0.25, 0.3) is 0 Å². The molecule has 1 heterocycles. The van der Waals surface area contributed by atoms with Gasteiger partial charge in [-0.25, -0.2) is 0 Å². The Morgan fingerprint density at radius 1 is 1.30 bits per heavy atom. The molecule has 60 valence electrons. The maximum Gasteiger partial charge on any atom is 0.0468 e. The number of hydrogen-bond acceptors (Lipinski definition) is 1. The van der Waals surface area contributed by atoms with Crippen molar-refractivity contribution in [1.29, 1.82) is 0 Å². The van der Waals surface area contributed by atoms with Crippen molar-refractivity contribution in [2.75, 3.05) is 13.2 Å². The molecule has 0 aromatic rings. The Bertz CT molecular complexity index is 82.7. The largest absolute Gasteiger partial charge is 0.381 e. The van der Waals surface area contributed by atoms with E-state index in [1.165, 1.54) is 19.3 Å². The monoisotopic (exact) mass is 142 g/mol. The van der Waals surface area contributed by atoms with Gasteiger partial charge < -0.3 is 4.74 Å². The fourth-order valence-electron chi connectivity index (χ4n) is 1.65. The first kappa shape index (κ1) is 8.06. The molecule has 10 heavy (non-hydrogen) atoms. The van der Waals surface area contributed by atoms with Crippen molar-refractivity contribution in [2.45, 2.75) is 33.1 Å². The third-order valence-corrected chi connectivity index (χ3v) is 2.15. The smallest absolute Gasteiger partial charge is 0.0468 e. The Kier molecular flexibility index (Phi) is 3.20. The zero-order valence-electron chi connectivity index (χ0n) is 7.10. The SMILES string of the molecule is CC(C)CC1CCOCC1. The van der Waals surface area contributed by atoms with E-state index < -0.39 is 0 Å². The van der Waals surface area contributed by atoms with E-state index in [4.69, 9.17) is 4.74 Å². The molecule has 0 saturated carbocycles. The van der Waals surface area contributed by atoms with Crippen molar-refractivity contribution in [1.82, 2.24) is 0 Å². The summed E-state index contributed by atoms with van der Waals surface area (Å²) in [5.74, 6) is 1.82. The van der Waals surface area contributed by atoms with Gasteiger partial charge in [0, 0.05) is 13.2 Å². The summed E-state index contributed by atoms with van der Waals surface area (Å²) in [6, 6.07) is 0. The molecule has 0 aliphatic carbocycles. The Hall–Kier alpha value is -0.0400. The molecule has 0 N–H and O–H groups in total. The summed E-state index contributed by atoms with van der Waals surface area (Å²) in [6.45, 7) is 6.60. The van der Waals surface area contributed by atoms with Crippen LogP contribution in [-0.4, -0.2) is 13.2 Å². The van der Waals surface area contributed by atoms with Gasteiger partial charge in [0.15, 0.2) is 0 Å². The Morgan fingerprint density at radius 3 is 2.40 bits per heavy atom. The van der Waals surface area contributed by atoms with Crippen LogP contribution in [0.1, 0.15) is 33.1 Å². The minimum Gasteiger partial charge on any atom is -0.381 e. The average molecular weight is 142 g/mol. The van der Waals surface area contributed by atoms with Crippen LogP contribution in [0.15, 0.2) is 0 Å². The van der Waals surface area contributed by atoms with Crippen LogP contribution < -0.4 is 0 Å². The zero-order valence-corrected chi connectivity index (χ0v) is 7.10. The van der Waals surface area contributed by atoms with E-state index in [0.29, 0.717) is 0 Å². The standard InChI is InChI=1S/C9H18O/c1-8(2)7-9-3-5-10-6-4-9/h8-9H,3-7H2,1-2H3. The first-order valence-corrected chi connectivity index (χ1v) is 4.37. The van der Waals surface area contributed by atoms with Gasteiger partial charge in [0.25, 0.3) is 0 Å². The molecule has 0 bridgehead atoms. The molecule has 1 heteroatoms. The normalized spacial score (nSPS) is 21.9. The number of hydrogen-bond donors (Lipinski definition) is 0. The summed E-state index contributed by atoms with van der Waals surface area (Å²) in [5, 5.41) is 0. The molecular formula is C9H18O. The van der Waals surface area contributed by atoms with Crippen molar-refractivity contribution in [2.24, 2.45) is 11.8 Å². The van der Waals surface area contributed by atoms with Crippen molar-refractivity contribution < 1.29 is 4.74 Å². The van der Waals surface area contributed by atoms with Crippen LogP contribution in [0.4, 0.5) is 0 Å². The third-order valence-electron chi connectivity index (χ3n) is 2.15. The lowest BCUT2D eigenvalue weighted by molar-refractivity contribution is 0.0602. The molecule has 0 aromatic carbocycles. The van der Waals surface area contributed by atoms with Gasteiger partial charge in [0.1, 0.15) is 0 Å². The van der Waals surface area contributed by atoms with Crippen LogP contribution in [0, 0.1) is 11.8 Å². The highest BCUT2D eigenvalue weighted by atomic mass is 16.5. The van der Waals surface area contributed by atoms with Gasteiger partial charge in [-0.15, -0.1) is 0 Å². The summed E-state index contributed by atoms with van der Waals surface area (Å²) in [6.07, 6.45) is 3.97. The molecule has 0 amide bonds. The maximum atomic E-state index is 5.28. The quantitative estimate of drug-likeness (QED) is 0.575. The van der Waals surface area contributed by atoms with Gasteiger partial charge in [-0.1, -0.05) is 13.8 Å². The van der Waals surface area contributed by atoms with E-state index in [2.05, 4.69) is 13.8 Å². The van der Waals surface area contributed by atoms with Gasteiger partial charge in [-0.2, -0.15) is 0 Å². The van der Waals surface area contributed by atoms with Crippen molar-refractivity contribution >= 4 is 0 Å². The van der Waals surface area contributed by atoms with E-state index in [9.17, 15) is 0 Å². The second kappa shape index (κ2) is 3.97. The van der Waals surface area contributed by atoms with Crippen molar-refractivity contribution in [3.63, 3.8) is 0 Å². The molecule has 0 radical (unpaired) electrons. The lowest BCUT2D eigenvalue weighted by atomic mass is 9.91. The van der Waals surface area contributed by atoms with Crippen LogP contribution in [0.2, 0.25) is 0 Å². The van der Waals surface area contributed by atoms with Crippen LogP contribution in [0.3, 0.4) is 0 Å². The van der Waals surface area contributed by atoms with E-state index >= 15 is 0 Å². The minimum atomic E-state index is 0.864. The Labute approximate surface area is 63.8 Å². The molecule has 0 atom stereocenters. The van der Waals surface area contributed by atoms with E-state index in [0.717, 1.165) is 25.0 Å². The number of rotatable bonds is 2. The second-order valence-corrected chi connectivity index (χ2v) is 3.69. The van der Waals surface area contributed by atoms with Gasteiger partial charge in [0.05, 0.1) is 0 Å². The summed E-state index contributed by atoms with van der Waals surface area (Å²) in [7, 11) is 0. The second-order valence-electron chi connectivity index (χ2n) is 3.69. The molecule has 1 aliphatic rings. The Morgan fingerprint density at radius 2 is 1.90 bits per heavy atom. The van der Waals surface area contributed by atoms with Gasteiger partial charge in [0.2, 0.25) is 0 Å². The molecule has 0 unspecified atom stereocenters. The predicted octanol–water partition coefficient (Wildman–Crippen LogP) is 2.46. The highest BCUT2D eigenvalue weighted by Crippen LogP contribution is 2.21. The highest BCUT2D eigenvalue weighted by Gasteiger charge is 2.14. The molecule has 1 nitrogen and oxygen atoms in total. The molecule has 1 aliphatic heterocycles. The number of ether oxygens (including phenoxy) is 1. The average Bonchev–Trinajstić information content (AvgIpc) is 1.88. The lowest BCUT2D eigenvalue weighted by Crippen LogP contribution is -2.16. The fourth-order valence-corrected chi connectivity index (χ4v) is 1.65. The van der Waals surface area contributed by atoms with E-state index in [-0.39, 0.29) is 0 Å². The lowest BCUT2D eigenvalue weighted by Gasteiger charge is -2.23. The molecule has 1 fully saturated rings. The highest BCUT2D eigenvalue weighted by molar-refractivity contribution is 4.64. The molecule has 0 spiro atoms. The zero-order chi connectivity index (χ0) is 7.40. The first-order chi connectivity index (χ1) is 4.79. The third kappa shape index (κ3) is 2.70. The van der Waals surface area contributed by atoms with Gasteiger partial charge in [-0.3, -0.25) is 0 Å². The summed E-state index contributed by atoms with van der Waals surface area (Å²) in [5.41, 5.74) is 0. The van der Waals surface area contributed by atoms with Crippen LogP contribution in [0.5, 0.6) is 0 Å². The van der Waals surface area contributed by atoms with Crippen LogP contribution in [-0.2, 0) is 4.74 Å². The van der Waals surface area contributed by atoms with Crippen molar-refractivity contribution in [3.8, 4) is 0 Å². The summed E-state index contributed by atoms with van der Waals surface area (Å²) in [4.78, 5) is 0. The fraction of sp³-hybridized carbons (Fsp3) is 1.00. The van der Waals surface area contributed by atoms with E-state index in [1.807, 2.05) is 0 Å². The van der Waals surface area contributed by atoms with Gasteiger partial charge in [-0.05, 0) is 31.1 Å². The molecule has 1 saturated heterocycles. The minimum absolute atomic E-state index is 0.864. The topological polar surface area (TPSA) is 9.23 Å². The van der Waals surface area contributed by atoms with E-state index in [1.54, 1.807) is 0 Å². The molecule has 1 rings (SSSR count). The summed E-state index contributed by atoms with van der Waals surface area (Å²) < 4.78 is 5.28. The molecular weight excluding hydrogens is 124 g/mol. The van der Waals surface area contributed by atoms with Crippen LogP contribution >= 0.6 is 0 Å².